The SMILES string of the molecule is CC(=O)OC1(C(C)=O)C(C(C)=O)=C(C(=O)Cl)CC(O)C1O. The highest BCUT2D eigenvalue weighted by Crippen LogP contribution is 2.39. The van der Waals surface area contributed by atoms with E-state index in [1.165, 1.54) is 0 Å². The summed E-state index contributed by atoms with van der Waals surface area (Å²) in [6, 6.07) is 0. The van der Waals surface area contributed by atoms with Gasteiger partial charge in [-0.2, -0.15) is 0 Å². The van der Waals surface area contributed by atoms with Gasteiger partial charge in [-0.25, -0.2) is 0 Å². The van der Waals surface area contributed by atoms with Gasteiger partial charge >= 0.3 is 5.97 Å². The van der Waals surface area contributed by atoms with Crippen molar-refractivity contribution in [1.29, 1.82) is 0 Å². The molecule has 1 aliphatic carbocycles. The molecule has 0 bridgehead atoms. The Balaban J connectivity index is 3.77. The second-order valence-corrected chi connectivity index (χ2v) is 5.13. The summed E-state index contributed by atoms with van der Waals surface area (Å²) in [6.07, 6.45) is -3.89. The average Bonchev–Trinajstić information content (AvgIpc) is 2.32. The normalized spacial score (nSPS) is 29.0. The highest BCUT2D eigenvalue weighted by Gasteiger charge is 2.58. The van der Waals surface area contributed by atoms with Crippen molar-refractivity contribution in [2.75, 3.05) is 0 Å². The molecular weight excluding hydrogens is 304 g/mol. The van der Waals surface area contributed by atoms with Crippen molar-refractivity contribution < 1.29 is 34.1 Å². The summed E-state index contributed by atoms with van der Waals surface area (Å²) in [5.41, 5.74) is -3.28. The Bertz CT molecular complexity index is 551. The number of ketones is 2. The molecule has 8 heteroatoms. The summed E-state index contributed by atoms with van der Waals surface area (Å²) in [5.74, 6) is -2.62. The number of aliphatic hydroxyl groups is 2. The zero-order valence-electron chi connectivity index (χ0n) is 11.7. The van der Waals surface area contributed by atoms with Gasteiger partial charge < -0.3 is 14.9 Å². The Kier molecular flexibility index (Phi) is 5.03. The van der Waals surface area contributed by atoms with Crippen LogP contribution in [0.5, 0.6) is 0 Å². The minimum atomic E-state index is -2.44. The number of halogens is 1. The number of hydrogen-bond acceptors (Lipinski definition) is 7. The van der Waals surface area contributed by atoms with Crippen LogP contribution >= 0.6 is 11.6 Å². The predicted octanol–water partition coefficient (Wildman–Crippen LogP) is -0.346. The van der Waals surface area contributed by atoms with E-state index in [2.05, 4.69) is 0 Å². The van der Waals surface area contributed by atoms with Crippen molar-refractivity contribution in [3.05, 3.63) is 11.1 Å². The lowest BCUT2D eigenvalue weighted by atomic mass is 9.72. The zero-order chi connectivity index (χ0) is 16.5. The van der Waals surface area contributed by atoms with E-state index >= 15 is 0 Å². The van der Waals surface area contributed by atoms with Crippen LogP contribution in [0.15, 0.2) is 11.1 Å². The van der Waals surface area contributed by atoms with E-state index in [-0.39, 0.29) is 5.57 Å². The molecular formula is C13H15ClO7. The molecule has 0 aromatic carbocycles. The molecule has 0 aliphatic heterocycles. The molecule has 21 heavy (non-hydrogen) atoms. The van der Waals surface area contributed by atoms with Crippen LogP contribution in [-0.4, -0.2) is 50.8 Å². The standard InChI is InChI=1S/C13H15ClO7/c1-5(15)10-8(12(14)20)4-9(18)11(19)13(10,6(2)16)21-7(3)17/h9,11,18-19H,4H2,1-3H3. The number of carbonyl (C=O) groups excluding carboxylic acids is 4. The molecule has 1 rings (SSSR count). The lowest BCUT2D eigenvalue weighted by molar-refractivity contribution is -0.182. The maximum Gasteiger partial charge on any atom is 0.304 e. The van der Waals surface area contributed by atoms with E-state index in [0.717, 1.165) is 20.8 Å². The quantitative estimate of drug-likeness (QED) is 0.537. The first-order chi connectivity index (χ1) is 9.55. The summed E-state index contributed by atoms with van der Waals surface area (Å²) < 4.78 is 4.89. The van der Waals surface area contributed by atoms with E-state index < -0.39 is 52.6 Å². The van der Waals surface area contributed by atoms with E-state index in [0.29, 0.717) is 0 Å². The second kappa shape index (κ2) is 6.05. The molecule has 0 aromatic heterocycles. The van der Waals surface area contributed by atoms with Crippen LogP contribution in [0.3, 0.4) is 0 Å². The molecule has 116 valence electrons. The summed E-state index contributed by atoms with van der Waals surface area (Å²) in [6.45, 7) is 2.99. The zero-order valence-corrected chi connectivity index (χ0v) is 12.4. The van der Waals surface area contributed by atoms with E-state index in [9.17, 15) is 29.4 Å². The molecule has 0 saturated carbocycles. The monoisotopic (exact) mass is 318 g/mol. The van der Waals surface area contributed by atoms with Crippen LogP contribution in [0.4, 0.5) is 0 Å². The molecule has 0 amide bonds. The Morgan fingerprint density at radius 1 is 1.19 bits per heavy atom. The van der Waals surface area contributed by atoms with Gasteiger partial charge in [-0.1, -0.05) is 0 Å². The molecule has 0 aromatic rings. The van der Waals surface area contributed by atoms with Gasteiger partial charge in [0.05, 0.1) is 11.7 Å². The van der Waals surface area contributed by atoms with Crippen LogP contribution in [0.1, 0.15) is 27.2 Å². The van der Waals surface area contributed by atoms with E-state index in [4.69, 9.17) is 16.3 Å². The first-order valence-electron chi connectivity index (χ1n) is 6.06. The number of aliphatic hydroxyl groups excluding tert-OH is 2. The maximum atomic E-state index is 12.0. The van der Waals surface area contributed by atoms with Gasteiger partial charge in [-0.15, -0.1) is 0 Å². The first kappa shape index (κ1) is 17.5. The molecule has 0 saturated heterocycles. The molecule has 2 N–H and O–H groups in total. The van der Waals surface area contributed by atoms with Gasteiger partial charge in [0.1, 0.15) is 6.10 Å². The molecule has 3 unspecified atom stereocenters. The summed E-state index contributed by atoms with van der Waals surface area (Å²) in [7, 11) is 0. The molecule has 7 nitrogen and oxygen atoms in total. The Morgan fingerprint density at radius 3 is 2.05 bits per heavy atom. The molecule has 0 spiro atoms. The number of esters is 1. The van der Waals surface area contributed by atoms with Crippen molar-refractivity contribution in [2.24, 2.45) is 0 Å². The number of ether oxygens (including phenoxy) is 1. The van der Waals surface area contributed by atoms with Gasteiger partial charge in [0.25, 0.3) is 0 Å². The molecule has 1 aliphatic rings. The fourth-order valence-electron chi connectivity index (χ4n) is 2.51. The van der Waals surface area contributed by atoms with Crippen molar-refractivity contribution in [3.8, 4) is 0 Å². The minimum absolute atomic E-state index is 0.349. The van der Waals surface area contributed by atoms with Crippen LogP contribution < -0.4 is 0 Å². The van der Waals surface area contributed by atoms with Crippen molar-refractivity contribution in [2.45, 2.75) is 45.0 Å². The Morgan fingerprint density at radius 2 is 1.71 bits per heavy atom. The molecule has 0 fully saturated rings. The van der Waals surface area contributed by atoms with Gasteiger partial charge in [-0.05, 0) is 25.4 Å². The fraction of sp³-hybridized carbons (Fsp3) is 0.538. The van der Waals surface area contributed by atoms with Crippen LogP contribution in [0.2, 0.25) is 0 Å². The second-order valence-electron chi connectivity index (χ2n) is 4.79. The van der Waals surface area contributed by atoms with E-state index in [1.807, 2.05) is 0 Å². The summed E-state index contributed by atoms with van der Waals surface area (Å²) >= 11 is 5.38. The Hall–Kier alpha value is -1.57. The molecule has 3 atom stereocenters. The third-order valence-electron chi connectivity index (χ3n) is 3.28. The lowest BCUT2D eigenvalue weighted by Crippen LogP contribution is -2.61. The van der Waals surface area contributed by atoms with Crippen LogP contribution in [0, 0.1) is 0 Å². The average molecular weight is 319 g/mol. The highest BCUT2D eigenvalue weighted by atomic mass is 35.5. The van der Waals surface area contributed by atoms with Gasteiger partial charge in [-0.3, -0.25) is 19.2 Å². The topological polar surface area (TPSA) is 118 Å². The fourth-order valence-corrected chi connectivity index (χ4v) is 2.68. The smallest absolute Gasteiger partial charge is 0.304 e. The number of Topliss-reactive ketones (excluding diaryl/α,β-unsaturated/α-hetero) is 2. The maximum absolute atomic E-state index is 12.0. The molecule has 0 radical (unpaired) electrons. The van der Waals surface area contributed by atoms with Crippen molar-refractivity contribution >= 4 is 34.4 Å². The van der Waals surface area contributed by atoms with Crippen molar-refractivity contribution in [1.82, 2.24) is 0 Å². The van der Waals surface area contributed by atoms with Crippen molar-refractivity contribution in [3.63, 3.8) is 0 Å². The van der Waals surface area contributed by atoms with Crippen LogP contribution in [0.25, 0.3) is 0 Å². The molecule has 0 heterocycles. The number of carbonyl (C=O) groups is 4. The Labute approximate surface area is 125 Å². The summed E-state index contributed by atoms with van der Waals surface area (Å²) in [4.78, 5) is 46.6. The minimum Gasteiger partial charge on any atom is -0.443 e. The summed E-state index contributed by atoms with van der Waals surface area (Å²) in [5, 5.41) is 18.9. The largest absolute Gasteiger partial charge is 0.443 e. The number of rotatable bonds is 4. The van der Waals surface area contributed by atoms with Gasteiger partial charge in [0, 0.05) is 18.9 Å². The third kappa shape index (κ3) is 2.90. The highest BCUT2D eigenvalue weighted by molar-refractivity contribution is 6.68. The van der Waals surface area contributed by atoms with Crippen LogP contribution in [-0.2, 0) is 23.9 Å². The van der Waals surface area contributed by atoms with E-state index in [1.54, 1.807) is 0 Å². The first-order valence-corrected chi connectivity index (χ1v) is 6.44. The third-order valence-corrected chi connectivity index (χ3v) is 3.51. The predicted molar refractivity (Wildman–Crippen MR) is 70.4 cm³/mol. The number of hydrogen-bond donors (Lipinski definition) is 2. The lowest BCUT2D eigenvalue weighted by Gasteiger charge is -2.42. The van der Waals surface area contributed by atoms with Gasteiger partial charge in [0.2, 0.25) is 10.8 Å². The van der Waals surface area contributed by atoms with Gasteiger partial charge in [0.15, 0.2) is 11.6 Å².